The molecular weight excluding hydrogens is 410 g/mol. The third-order valence-corrected chi connectivity index (χ3v) is 7.70. The van der Waals surface area contributed by atoms with Crippen LogP contribution >= 0.6 is 0 Å². The van der Waals surface area contributed by atoms with Gasteiger partial charge in [0.2, 0.25) is 0 Å². The van der Waals surface area contributed by atoms with Gasteiger partial charge in [-0.3, -0.25) is 4.90 Å². The van der Waals surface area contributed by atoms with Crippen LogP contribution in [0.25, 0.3) is 16.6 Å². The van der Waals surface area contributed by atoms with Crippen LogP contribution in [0.3, 0.4) is 0 Å². The van der Waals surface area contributed by atoms with E-state index in [0.717, 1.165) is 42.0 Å². The number of methoxy groups -OCH3 is 2. The van der Waals surface area contributed by atoms with Crippen molar-refractivity contribution in [3.63, 3.8) is 0 Å². The Morgan fingerprint density at radius 1 is 0.909 bits per heavy atom. The Morgan fingerprint density at radius 2 is 1.64 bits per heavy atom. The maximum absolute atomic E-state index is 5.54. The Labute approximate surface area is 197 Å². The zero-order chi connectivity index (χ0) is 23.1. The van der Waals surface area contributed by atoms with Crippen molar-refractivity contribution in [1.29, 1.82) is 0 Å². The second kappa shape index (κ2) is 9.03. The number of hydrogen-bond donors (Lipinski definition) is 0. The summed E-state index contributed by atoms with van der Waals surface area (Å²) < 4.78 is 13.2. The molecular formula is C28H37N3O2. The molecule has 3 heterocycles. The lowest BCUT2D eigenvalue weighted by Crippen LogP contribution is -2.32. The number of ether oxygens (including phenoxy) is 2. The quantitative estimate of drug-likeness (QED) is 0.511. The number of aryl methyl sites for hydroxylation is 1. The molecule has 2 saturated heterocycles. The molecule has 0 spiro atoms. The third-order valence-electron chi connectivity index (χ3n) is 7.70. The lowest BCUT2D eigenvalue weighted by molar-refractivity contribution is 0.220. The normalized spacial score (nSPS) is 21.3. The van der Waals surface area contributed by atoms with Gasteiger partial charge < -0.3 is 18.9 Å². The van der Waals surface area contributed by atoms with E-state index in [-0.39, 0.29) is 0 Å². The molecule has 0 saturated carbocycles. The predicted molar refractivity (Wildman–Crippen MR) is 135 cm³/mol. The maximum Gasteiger partial charge on any atom is 0.162 e. The topological polar surface area (TPSA) is 29.9 Å². The van der Waals surface area contributed by atoms with E-state index in [4.69, 9.17) is 9.47 Å². The van der Waals surface area contributed by atoms with Crippen LogP contribution in [0.4, 0.5) is 0 Å². The van der Waals surface area contributed by atoms with E-state index in [9.17, 15) is 0 Å². The first-order valence-corrected chi connectivity index (χ1v) is 12.3. The predicted octanol–water partition coefficient (Wildman–Crippen LogP) is 4.98. The minimum absolute atomic E-state index is 0.675. The molecule has 1 aromatic heterocycles. The standard InChI is InChI=1S/C28H37N3O2/c1-6-21-18-31(24-8-10-27(32-4)28(12-24)33-5)26-9-7-20(11-25(21)26)13-29-14-22-16-30(19(2)3)17-23(22)15-29/h7-12,18-19,22-23H,6,13-17H2,1-5H3. The number of likely N-dealkylation sites (tertiary alicyclic amines) is 2. The second-order valence-corrected chi connectivity index (χ2v) is 10.0. The number of aromatic nitrogens is 1. The summed E-state index contributed by atoms with van der Waals surface area (Å²) in [5.74, 6) is 3.19. The summed E-state index contributed by atoms with van der Waals surface area (Å²) in [5, 5.41) is 1.36. The highest BCUT2D eigenvalue weighted by molar-refractivity contribution is 5.86. The van der Waals surface area contributed by atoms with Crippen LogP contribution in [-0.2, 0) is 13.0 Å². The molecule has 3 aromatic rings. The summed E-state index contributed by atoms with van der Waals surface area (Å²) in [6, 6.07) is 13.8. The minimum Gasteiger partial charge on any atom is -0.493 e. The van der Waals surface area contributed by atoms with Crippen molar-refractivity contribution in [3.05, 3.63) is 53.7 Å². The average molecular weight is 448 g/mol. The summed E-state index contributed by atoms with van der Waals surface area (Å²) in [6.45, 7) is 13.0. The molecule has 2 atom stereocenters. The molecule has 176 valence electrons. The molecule has 0 aliphatic carbocycles. The second-order valence-electron chi connectivity index (χ2n) is 10.0. The lowest BCUT2D eigenvalue weighted by Gasteiger charge is -2.24. The number of nitrogens with zero attached hydrogens (tertiary/aromatic N) is 3. The Balaban J connectivity index is 1.38. The molecule has 2 aliphatic heterocycles. The Hall–Kier alpha value is -2.50. The van der Waals surface area contributed by atoms with E-state index in [2.05, 4.69) is 71.7 Å². The fraction of sp³-hybridized carbons (Fsp3) is 0.500. The smallest absolute Gasteiger partial charge is 0.162 e. The van der Waals surface area contributed by atoms with Crippen LogP contribution in [0.1, 0.15) is 31.9 Å². The molecule has 2 aliphatic rings. The van der Waals surface area contributed by atoms with E-state index in [1.165, 1.54) is 48.2 Å². The highest BCUT2D eigenvalue weighted by Crippen LogP contribution is 2.35. The molecule has 0 bridgehead atoms. The molecule has 5 rings (SSSR count). The first kappa shape index (κ1) is 22.3. The van der Waals surface area contributed by atoms with Crippen LogP contribution < -0.4 is 9.47 Å². The Bertz CT molecular complexity index is 1120. The van der Waals surface area contributed by atoms with E-state index in [1.54, 1.807) is 14.2 Å². The van der Waals surface area contributed by atoms with Gasteiger partial charge in [0.25, 0.3) is 0 Å². The summed E-state index contributed by atoms with van der Waals surface area (Å²) in [7, 11) is 3.36. The third kappa shape index (κ3) is 4.13. The van der Waals surface area contributed by atoms with Crippen molar-refractivity contribution in [2.45, 2.75) is 39.8 Å². The van der Waals surface area contributed by atoms with Gasteiger partial charge >= 0.3 is 0 Å². The van der Waals surface area contributed by atoms with Crippen molar-refractivity contribution in [1.82, 2.24) is 14.4 Å². The fourth-order valence-electron chi connectivity index (χ4n) is 5.85. The fourth-order valence-corrected chi connectivity index (χ4v) is 5.85. The van der Waals surface area contributed by atoms with Crippen molar-refractivity contribution in [2.75, 3.05) is 40.4 Å². The van der Waals surface area contributed by atoms with Crippen LogP contribution in [0.15, 0.2) is 42.6 Å². The van der Waals surface area contributed by atoms with Crippen molar-refractivity contribution < 1.29 is 9.47 Å². The minimum atomic E-state index is 0.675. The van der Waals surface area contributed by atoms with E-state index in [1.807, 2.05) is 6.07 Å². The largest absolute Gasteiger partial charge is 0.493 e. The van der Waals surface area contributed by atoms with Gasteiger partial charge in [-0.25, -0.2) is 0 Å². The average Bonchev–Trinajstić information content (AvgIpc) is 3.49. The van der Waals surface area contributed by atoms with Gasteiger partial charge in [0.15, 0.2) is 11.5 Å². The Kier molecular flexibility index (Phi) is 6.11. The van der Waals surface area contributed by atoms with Gasteiger partial charge in [0.05, 0.1) is 19.7 Å². The molecule has 2 unspecified atom stereocenters. The van der Waals surface area contributed by atoms with Crippen LogP contribution in [0.2, 0.25) is 0 Å². The van der Waals surface area contributed by atoms with E-state index >= 15 is 0 Å². The highest BCUT2D eigenvalue weighted by atomic mass is 16.5. The van der Waals surface area contributed by atoms with Crippen LogP contribution in [0.5, 0.6) is 11.5 Å². The molecule has 5 nitrogen and oxygen atoms in total. The zero-order valence-corrected chi connectivity index (χ0v) is 20.7. The number of fused-ring (bicyclic) bond motifs is 2. The maximum atomic E-state index is 5.54. The van der Waals surface area contributed by atoms with Crippen LogP contribution in [0, 0.1) is 11.8 Å². The molecule has 0 radical (unpaired) electrons. The van der Waals surface area contributed by atoms with Crippen molar-refractivity contribution in [2.24, 2.45) is 11.8 Å². The monoisotopic (exact) mass is 447 g/mol. The number of rotatable bonds is 7. The van der Waals surface area contributed by atoms with Gasteiger partial charge in [-0.15, -0.1) is 0 Å². The summed E-state index contributed by atoms with van der Waals surface area (Å²) >= 11 is 0. The van der Waals surface area contributed by atoms with Gasteiger partial charge in [-0.2, -0.15) is 0 Å². The molecule has 5 heteroatoms. The van der Waals surface area contributed by atoms with Crippen LogP contribution in [-0.4, -0.2) is 60.8 Å². The molecule has 0 N–H and O–H groups in total. The van der Waals surface area contributed by atoms with Crippen molar-refractivity contribution in [3.8, 4) is 17.2 Å². The summed E-state index contributed by atoms with van der Waals surface area (Å²) in [6.07, 6.45) is 3.29. The first-order valence-electron chi connectivity index (χ1n) is 12.3. The van der Waals surface area contributed by atoms with Crippen molar-refractivity contribution >= 4 is 10.9 Å². The Morgan fingerprint density at radius 3 is 2.27 bits per heavy atom. The SMILES string of the molecule is CCc1cn(-c2ccc(OC)c(OC)c2)c2ccc(CN3CC4CN(C(C)C)CC4C3)cc12. The lowest BCUT2D eigenvalue weighted by atomic mass is 10.0. The highest BCUT2D eigenvalue weighted by Gasteiger charge is 2.40. The zero-order valence-electron chi connectivity index (χ0n) is 20.7. The molecule has 33 heavy (non-hydrogen) atoms. The van der Waals surface area contributed by atoms with E-state index < -0.39 is 0 Å². The van der Waals surface area contributed by atoms with E-state index in [0.29, 0.717) is 6.04 Å². The van der Waals surface area contributed by atoms with Gasteiger partial charge in [0, 0.05) is 62.1 Å². The summed E-state index contributed by atoms with van der Waals surface area (Å²) in [5.41, 5.74) is 5.14. The summed E-state index contributed by atoms with van der Waals surface area (Å²) in [4.78, 5) is 5.33. The molecule has 2 aromatic carbocycles. The van der Waals surface area contributed by atoms with Gasteiger partial charge in [-0.1, -0.05) is 13.0 Å². The molecule has 0 amide bonds. The molecule has 2 fully saturated rings. The first-order chi connectivity index (χ1) is 16.0. The number of benzene rings is 2. The van der Waals surface area contributed by atoms with Gasteiger partial charge in [-0.05, 0) is 67.5 Å². The number of hydrogen-bond acceptors (Lipinski definition) is 4. The van der Waals surface area contributed by atoms with Gasteiger partial charge in [0.1, 0.15) is 0 Å².